The Kier molecular flexibility index (Phi) is 10.8. The van der Waals surface area contributed by atoms with Crippen molar-refractivity contribution in [3.63, 3.8) is 0 Å². The molecule has 10 heteroatoms. The number of benzene rings is 2. The average Bonchev–Trinajstić information content (AvgIpc) is 3.38. The quantitative estimate of drug-likeness (QED) is 0.0898. The summed E-state index contributed by atoms with van der Waals surface area (Å²) in [6.07, 6.45) is 9.24. The second-order valence-corrected chi connectivity index (χ2v) is 16.7. The molecule has 2 heterocycles. The maximum absolute atomic E-state index is 13.9. The summed E-state index contributed by atoms with van der Waals surface area (Å²) in [7, 11) is -4.70. The van der Waals surface area contributed by atoms with Crippen LogP contribution in [0.2, 0.25) is 0 Å². The molecule has 0 radical (unpaired) electrons. The largest absolute Gasteiger partial charge is 0.871 e. The first-order valence-corrected chi connectivity index (χ1v) is 19.3. The topological polar surface area (TPSA) is 138 Å². The Morgan fingerprint density at radius 3 is 2.10 bits per heavy atom. The minimum atomic E-state index is -4.70. The van der Waals surface area contributed by atoms with Crippen molar-refractivity contribution in [3.8, 4) is 0 Å². The van der Waals surface area contributed by atoms with E-state index in [4.69, 9.17) is 0 Å². The minimum absolute atomic E-state index is 0.0657. The molecule has 2 aliphatic heterocycles. The molecule has 2 aromatic carbocycles. The molecule has 1 aliphatic carbocycles. The average molecular weight is 714 g/mol. The molecule has 0 atom stereocenters. The number of carbonyl (C=O) groups is 3. The van der Waals surface area contributed by atoms with Gasteiger partial charge in [0, 0.05) is 71.5 Å². The number of rotatable bonds is 15. The number of allylic oxidation sites excluding steroid dienone is 5. The molecular weight excluding hydrogens is 665 g/mol. The minimum Gasteiger partial charge on any atom is -0.871 e. The van der Waals surface area contributed by atoms with Crippen molar-refractivity contribution in [1.82, 2.24) is 0 Å². The van der Waals surface area contributed by atoms with Gasteiger partial charge in [-0.15, -0.1) is 0 Å². The van der Waals surface area contributed by atoms with Gasteiger partial charge in [-0.1, -0.05) is 43.7 Å². The summed E-state index contributed by atoms with van der Waals surface area (Å²) >= 11 is 0. The highest BCUT2D eigenvalue weighted by Gasteiger charge is 2.46. The van der Waals surface area contributed by atoms with E-state index in [0.717, 1.165) is 66.7 Å². The smallest absolute Gasteiger partial charge is 0.209 e. The van der Waals surface area contributed by atoms with Crippen molar-refractivity contribution >= 4 is 44.6 Å². The van der Waals surface area contributed by atoms with E-state index in [9.17, 15) is 32.5 Å². The van der Waals surface area contributed by atoms with Gasteiger partial charge in [-0.3, -0.25) is 4.79 Å². The molecule has 0 saturated heterocycles. The molecule has 5 rings (SSSR count). The standard InChI is InChI=1S/C41H50N2O7S/c1-26-16-18-34-32(22-26)40(4,5)36(42(34)20-12-8-10-14-27(2)44)24-30-38(46)31(39(30)47)25-37-41(6,7)33-23-29(51(48,49)50)17-19-35(33)43(37)21-13-9-11-15-28(3)45/h16-19,22-25H,8-15,20-21H2,1-7H3,(H-,46,47,48,49,50)/p-1. The van der Waals surface area contributed by atoms with E-state index in [2.05, 4.69) is 36.9 Å². The fourth-order valence-electron chi connectivity index (χ4n) is 7.61. The summed E-state index contributed by atoms with van der Waals surface area (Å²) in [5.74, 6) is -0.389. The first-order chi connectivity index (χ1) is 23.9. The number of carbonyl (C=O) groups excluding carboxylic acids is 3. The molecule has 0 fully saturated rings. The summed E-state index contributed by atoms with van der Waals surface area (Å²) < 4.78 is 37.8. The van der Waals surface area contributed by atoms with Crippen LogP contribution in [0, 0.1) is 6.92 Å². The van der Waals surface area contributed by atoms with Crippen LogP contribution in [-0.2, 0) is 35.3 Å². The molecule has 0 bridgehead atoms. The highest BCUT2D eigenvalue weighted by Crippen LogP contribution is 2.49. The molecule has 51 heavy (non-hydrogen) atoms. The number of anilines is 1. The third-order valence-corrected chi connectivity index (χ3v) is 11.4. The fourth-order valence-corrected chi connectivity index (χ4v) is 8.11. The predicted octanol–water partition coefficient (Wildman–Crippen LogP) is 6.38. The molecule has 0 saturated carbocycles. The molecule has 0 amide bonds. The number of nitrogens with zero attached hydrogens (tertiary/aromatic N) is 2. The van der Waals surface area contributed by atoms with E-state index >= 15 is 0 Å². The van der Waals surface area contributed by atoms with E-state index in [1.165, 1.54) is 12.1 Å². The van der Waals surface area contributed by atoms with Gasteiger partial charge in [0.05, 0.1) is 10.3 Å². The van der Waals surface area contributed by atoms with Crippen molar-refractivity contribution in [3.05, 3.63) is 87.8 Å². The van der Waals surface area contributed by atoms with Crippen molar-refractivity contribution < 1.29 is 37.0 Å². The molecule has 0 unspecified atom stereocenters. The number of unbranched alkanes of at least 4 members (excludes halogenated alkanes) is 4. The number of Topliss-reactive ketones (excluding diaryl/α,β-unsaturated/α-hetero) is 3. The van der Waals surface area contributed by atoms with Gasteiger partial charge in [-0.2, -0.15) is 4.58 Å². The van der Waals surface area contributed by atoms with Crippen LogP contribution in [0.4, 0.5) is 11.4 Å². The number of aryl methyl sites for hydroxylation is 1. The highest BCUT2D eigenvalue weighted by atomic mass is 32.2. The molecule has 0 aromatic heterocycles. The van der Waals surface area contributed by atoms with Gasteiger partial charge in [0.25, 0.3) is 0 Å². The van der Waals surface area contributed by atoms with E-state index < -0.39 is 20.9 Å². The number of hydrogen-bond acceptors (Lipinski definition) is 8. The van der Waals surface area contributed by atoms with Crippen LogP contribution in [0.3, 0.4) is 0 Å². The lowest BCUT2D eigenvalue weighted by Crippen LogP contribution is -2.35. The van der Waals surface area contributed by atoms with Crippen LogP contribution in [0.25, 0.3) is 0 Å². The zero-order valence-corrected chi connectivity index (χ0v) is 31.7. The highest BCUT2D eigenvalue weighted by molar-refractivity contribution is 7.85. The van der Waals surface area contributed by atoms with Crippen LogP contribution in [0.15, 0.2) is 76.0 Å². The van der Waals surface area contributed by atoms with Crippen LogP contribution in [0.1, 0.15) is 110 Å². The maximum atomic E-state index is 13.9. The Morgan fingerprint density at radius 2 is 1.49 bits per heavy atom. The zero-order chi connectivity index (χ0) is 37.5. The van der Waals surface area contributed by atoms with Crippen molar-refractivity contribution in [2.24, 2.45) is 0 Å². The second-order valence-electron chi connectivity index (χ2n) is 15.3. The second kappa shape index (κ2) is 14.5. The summed E-state index contributed by atoms with van der Waals surface area (Å²) in [5, 5.41) is 13.9. The van der Waals surface area contributed by atoms with Crippen LogP contribution in [0.5, 0.6) is 0 Å². The van der Waals surface area contributed by atoms with E-state index in [-0.39, 0.29) is 39.2 Å². The van der Waals surface area contributed by atoms with Crippen molar-refractivity contribution in [2.75, 3.05) is 18.0 Å². The first-order valence-electron chi connectivity index (χ1n) is 17.9. The molecule has 0 N–H and O–H groups in total. The Morgan fingerprint density at radius 1 is 0.843 bits per heavy atom. The Bertz CT molecular complexity index is 2030. The van der Waals surface area contributed by atoms with Gasteiger partial charge < -0.3 is 24.1 Å². The van der Waals surface area contributed by atoms with Crippen molar-refractivity contribution in [2.45, 2.75) is 116 Å². The third-order valence-electron chi connectivity index (χ3n) is 10.6. The number of ketones is 3. The SMILES string of the molecule is CC(=O)CCCCCN1C(=CC2=C([O-])C(=CC3=[N+](CCCCCC(C)=O)c4ccc(S(=O)(=O)[O-])cc4C3(C)C)C2=O)C(C)(C)c2cc(C)ccc21. The number of hydrogen-bond donors (Lipinski definition) is 0. The summed E-state index contributed by atoms with van der Waals surface area (Å²) in [6, 6.07) is 10.6. The van der Waals surface area contributed by atoms with Gasteiger partial charge in [0.15, 0.2) is 11.5 Å². The van der Waals surface area contributed by atoms with Gasteiger partial charge in [-0.25, -0.2) is 8.42 Å². The molecule has 2 aromatic rings. The summed E-state index contributed by atoms with van der Waals surface area (Å²) in [6.45, 7) is 14.4. The Labute approximate surface area is 302 Å². The summed E-state index contributed by atoms with van der Waals surface area (Å²) in [5.41, 5.74) is 5.12. The molecular formula is C41H49N2O7S-. The van der Waals surface area contributed by atoms with E-state index in [1.807, 2.05) is 25.3 Å². The monoisotopic (exact) mass is 713 g/mol. The van der Waals surface area contributed by atoms with Gasteiger partial charge in [-0.05, 0) is 90.1 Å². The lowest BCUT2D eigenvalue weighted by molar-refractivity contribution is -0.438. The lowest BCUT2D eigenvalue weighted by atomic mass is 9.77. The predicted molar refractivity (Wildman–Crippen MR) is 195 cm³/mol. The Hall–Kier alpha value is -4.15. The fraction of sp³-hybridized carbons (Fsp3) is 0.463. The molecule has 9 nitrogen and oxygen atoms in total. The lowest BCUT2D eigenvalue weighted by Gasteiger charge is -2.33. The van der Waals surface area contributed by atoms with E-state index in [1.54, 1.807) is 32.1 Å². The number of fused-ring (bicyclic) bond motifs is 2. The van der Waals surface area contributed by atoms with Crippen molar-refractivity contribution in [1.29, 1.82) is 0 Å². The van der Waals surface area contributed by atoms with Crippen LogP contribution < -0.4 is 10.0 Å². The zero-order valence-electron chi connectivity index (χ0n) is 30.9. The molecule has 0 spiro atoms. The molecule has 272 valence electrons. The Balaban J connectivity index is 1.52. The molecule has 3 aliphatic rings. The first kappa shape index (κ1) is 38.1. The van der Waals surface area contributed by atoms with Gasteiger partial charge >= 0.3 is 0 Å². The van der Waals surface area contributed by atoms with E-state index in [0.29, 0.717) is 37.2 Å². The van der Waals surface area contributed by atoms with Crippen LogP contribution in [-0.4, -0.2) is 53.7 Å². The summed E-state index contributed by atoms with van der Waals surface area (Å²) in [4.78, 5) is 38.7. The third kappa shape index (κ3) is 7.58. The van der Waals surface area contributed by atoms with Gasteiger partial charge in [0.1, 0.15) is 28.2 Å². The van der Waals surface area contributed by atoms with Crippen LogP contribution >= 0.6 is 0 Å². The maximum Gasteiger partial charge on any atom is 0.209 e. The van der Waals surface area contributed by atoms with Gasteiger partial charge in [0.2, 0.25) is 5.69 Å². The normalized spacial score (nSPS) is 19.2.